The van der Waals surface area contributed by atoms with Crippen molar-refractivity contribution in [3.63, 3.8) is 0 Å². The number of aromatic nitrogens is 2. The largest absolute Gasteiger partial charge is 0.376 e. The molecule has 0 spiro atoms. The van der Waals surface area contributed by atoms with E-state index < -0.39 is 5.69 Å². The second-order valence-electron chi connectivity index (χ2n) is 8.62. The van der Waals surface area contributed by atoms with Crippen LogP contribution in [0.15, 0.2) is 51.4 Å². The SMILES string of the molecule is O=C(Cn1c(=O)n(CCCCCC(=O)Nc2ccccc2)c(=O)c2sccc21)NC[C@H]1CCCO1. The highest BCUT2D eigenvalue weighted by Crippen LogP contribution is 2.16. The number of nitrogens with zero attached hydrogens (tertiary/aromatic N) is 2. The first-order valence-corrected chi connectivity index (χ1v) is 12.8. The lowest BCUT2D eigenvalue weighted by Crippen LogP contribution is -2.43. The van der Waals surface area contributed by atoms with E-state index in [0.29, 0.717) is 49.1 Å². The predicted octanol–water partition coefficient (Wildman–Crippen LogP) is 2.72. The smallest absolute Gasteiger partial charge is 0.332 e. The number of fused-ring (bicyclic) bond motifs is 1. The van der Waals surface area contributed by atoms with Crippen LogP contribution in [0.3, 0.4) is 0 Å². The average molecular weight is 499 g/mol. The standard InChI is InChI=1S/C25H30N4O5S/c30-21(27-18-8-3-1-4-9-18)11-5-2-6-13-28-24(32)23-20(12-15-35-23)29(25(28)33)17-22(31)26-16-19-10-7-14-34-19/h1,3-4,8-9,12,15,19H,2,5-7,10-11,13-14,16-17H2,(H,26,31)(H,27,30)/t19-/m1/s1. The van der Waals surface area contributed by atoms with Crippen LogP contribution in [-0.2, 0) is 27.4 Å². The van der Waals surface area contributed by atoms with Crippen LogP contribution in [0.2, 0.25) is 0 Å². The molecule has 1 fully saturated rings. The number of thiophene rings is 1. The van der Waals surface area contributed by atoms with Crippen LogP contribution in [0.1, 0.15) is 38.5 Å². The Morgan fingerprint density at radius 2 is 1.86 bits per heavy atom. The fourth-order valence-corrected chi connectivity index (χ4v) is 5.04. The van der Waals surface area contributed by atoms with Gasteiger partial charge >= 0.3 is 5.69 Å². The Hall–Kier alpha value is -3.24. The maximum atomic E-state index is 13.1. The third-order valence-electron chi connectivity index (χ3n) is 6.03. The van der Waals surface area contributed by atoms with Gasteiger partial charge in [0.2, 0.25) is 11.8 Å². The van der Waals surface area contributed by atoms with E-state index in [4.69, 9.17) is 4.74 Å². The normalized spacial score (nSPS) is 15.4. The topological polar surface area (TPSA) is 111 Å². The van der Waals surface area contributed by atoms with Crippen LogP contribution in [-0.4, -0.2) is 40.2 Å². The van der Waals surface area contributed by atoms with Crippen molar-refractivity contribution in [3.05, 3.63) is 62.6 Å². The molecule has 9 nitrogen and oxygen atoms in total. The van der Waals surface area contributed by atoms with Gasteiger partial charge in [0.25, 0.3) is 5.56 Å². The van der Waals surface area contributed by atoms with Gasteiger partial charge in [-0.15, -0.1) is 11.3 Å². The Morgan fingerprint density at radius 3 is 2.63 bits per heavy atom. The summed E-state index contributed by atoms with van der Waals surface area (Å²) in [6, 6.07) is 11.0. The Bertz CT molecular complexity index is 1270. The van der Waals surface area contributed by atoms with Crippen molar-refractivity contribution in [2.24, 2.45) is 0 Å². The first kappa shape index (κ1) is 24.9. The molecule has 0 saturated carbocycles. The summed E-state index contributed by atoms with van der Waals surface area (Å²) in [7, 11) is 0. The molecular weight excluding hydrogens is 468 g/mol. The molecule has 186 valence electrons. The monoisotopic (exact) mass is 498 g/mol. The zero-order valence-electron chi connectivity index (χ0n) is 19.5. The number of carbonyl (C=O) groups excluding carboxylic acids is 2. The van der Waals surface area contributed by atoms with Gasteiger partial charge in [0.1, 0.15) is 11.2 Å². The Morgan fingerprint density at radius 1 is 1.03 bits per heavy atom. The molecule has 2 N–H and O–H groups in total. The molecule has 1 atom stereocenters. The molecule has 2 aromatic heterocycles. The van der Waals surface area contributed by atoms with Gasteiger partial charge < -0.3 is 15.4 Å². The van der Waals surface area contributed by atoms with Gasteiger partial charge in [0.15, 0.2) is 0 Å². The fourth-order valence-electron chi connectivity index (χ4n) is 4.19. The van der Waals surface area contributed by atoms with Gasteiger partial charge in [-0.1, -0.05) is 24.6 Å². The Balaban J connectivity index is 1.34. The van der Waals surface area contributed by atoms with Crippen molar-refractivity contribution >= 4 is 39.1 Å². The zero-order chi connectivity index (χ0) is 24.6. The van der Waals surface area contributed by atoms with Crippen LogP contribution in [0.25, 0.3) is 10.2 Å². The zero-order valence-corrected chi connectivity index (χ0v) is 20.4. The molecular formula is C25H30N4O5S. The van der Waals surface area contributed by atoms with E-state index in [9.17, 15) is 19.2 Å². The highest BCUT2D eigenvalue weighted by atomic mass is 32.1. The third kappa shape index (κ3) is 6.46. The van der Waals surface area contributed by atoms with Crippen LogP contribution in [0.5, 0.6) is 0 Å². The summed E-state index contributed by atoms with van der Waals surface area (Å²) in [5, 5.41) is 7.43. The van der Waals surface area contributed by atoms with E-state index >= 15 is 0 Å². The molecule has 0 unspecified atom stereocenters. The number of amides is 2. The lowest BCUT2D eigenvalue weighted by atomic mass is 10.2. The first-order chi connectivity index (χ1) is 17.0. The molecule has 0 radical (unpaired) electrons. The summed E-state index contributed by atoms with van der Waals surface area (Å²) < 4.78 is 8.55. The molecule has 3 heterocycles. The van der Waals surface area contributed by atoms with Gasteiger partial charge in [-0.2, -0.15) is 0 Å². The maximum absolute atomic E-state index is 13.1. The van der Waals surface area contributed by atoms with E-state index in [1.165, 1.54) is 20.5 Å². The van der Waals surface area contributed by atoms with Crippen molar-refractivity contribution < 1.29 is 14.3 Å². The summed E-state index contributed by atoms with van der Waals surface area (Å²) >= 11 is 1.26. The second-order valence-corrected chi connectivity index (χ2v) is 9.54. The number of hydrogen-bond acceptors (Lipinski definition) is 6. The summed E-state index contributed by atoms with van der Waals surface area (Å²) in [6.45, 7) is 1.21. The summed E-state index contributed by atoms with van der Waals surface area (Å²) in [6.07, 6.45) is 4.19. The van der Waals surface area contributed by atoms with E-state index in [-0.39, 0.29) is 36.6 Å². The number of ether oxygens (including phenoxy) is 1. The van der Waals surface area contributed by atoms with E-state index in [0.717, 1.165) is 18.5 Å². The molecule has 1 aliphatic heterocycles. The molecule has 0 bridgehead atoms. The van der Waals surface area contributed by atoms with E-state index in [1.54, 1.807) is 11.4 Å². The number of anilines is 1. The number of rotatable bonds is 11. The number of nitrogens with one attached hydrogen (secondary N) is 2. The number of hydrogen-bond donors (Lipinski definition) is 2. The predicted molar refractivity (Wildman–Crippen MR) is 136 cm³/mol. The molecule has 1 saturated heterocycles. The van der Waals surface area contributed by atoms with Crippen molar-refractivity contribution in [1.29, 1.82) is 0 Å². The minimum Gasteiger partial charge on any atom is -0.376 e. The summed E-state index contributed by atoms with van der Waals surface area (Å²) in [5.74, 6) is -0.352. The molecule has 0 aliphatic carbocycles. The minimum absolute atomic E-state index is 0.0144. The molecule has 1 aromatic carbocycles. The van der Waals surface area contributed by atoms with Gasteiger partial charge in [-0.05, 0) is 49.3 Å². The lowest BCUT2D eigenvalue weighted by Gasteiger charge is -2.14. The van der Waals surface area contributed by atoms with Crippen molar-refractivity contribution in [3.8, 4) is 0 Å². The summed E-state index contributed by atoms with van der Waals surface area (Å²) in [4.78, 5) is 50.7. The van der Waals surface area contributed by atoms with Crippen molar-refractivity contribution in [2.75, 3.05) is 18.5 Å². The number of para-hydroxylation sites is 1. The van der Waals surface area contributed by atoms with Gasteiger partial charge in [0, 0.05) is 31.8 Å². The molecule has 35 heavy (non-hydrogen) atoms. The molecule has 1 aliphatic rings. The lowest BCUT2D eigenvalue weighted by molar-refractivity contribution is -0.122. The van der Waals surface area contributed by atoms with Gasteiger partial charge in [0.05, 0.1) is 11.6 Å². The Labute approximate surface area is 206 Å². The van der Waals surface area contributed by atoms with Gasteiger partial charge in [-0.3, -0.25) is 23.5 Å². The van der Waals surface area contributed by atoms with Crippen LogP contribution in [0.4, 0.5) is 5.69 Å². The van der Waals surface area contributed by atoms with Crippen molar-refractivity contribution in [2.45, 2.75) is 57.7 Å². The Kier molecular flexibility index (Phi) is 8.49. The third-order valence-corrected chi connectivity index (χ3v) is 6.92. The molecule has 4 rings (SSSR count). The average Bonchev–Trinajstić information content (AvgIpc) is 3.55. The summed E-state index contributed by atoms with van der Waals surface area (Å²) in [5.41, 5.74) is 0.410. The van der Waals surface area contributed by atoms with E-state index in [1.807, 2.05) is 30.3 Å². The molecule has 2 amide bonds. The molecule has 10 heteroatoms. The van der Waals surface area contributed by atoms with Crippen LogP contribution < -0.4 is 21.9 Å². The number of unbranched alkanes of at least 4 members (excludes halogenated alkanes) is 2. The minimum atomic E-state index is -0.491. The quantitative estimate of drug-likeness (QED) is 0.395. The number of carbonyl (C=O) groups is 2. The second kappa shape index (κ2) is 11.9. The maximum Gasteiger partial charge on any atom is 0.332 e. The number of benzene rings is 1. The van der Waals surface area contributed by atoms with E-state index in [2.05, 4.69) is 10.6 Å². The van der Waals surface area contributed by atoms with Crippen LogP contribution in [0, 0.1) is 0 Å². The first-order valence-electron chi connectivity index (χ1n) is 12.0. The van der Waals surface area contributed by atoms with Gasteiger partial charge in [-0.25, -0.2) is 4.79 Å². The van der Waals surface area contributed by atoms with Crippen LogP contribution >= 0.6 is 11.3 Å². The van der Waals surface area contributed by atoms with Crippen molar-refractivity contribution in [1.82, 2.24) is 14.5 Å². The fraction of sp³-hybridized carbons (Fsp3) is 0.440. The molecule has 3 aromatic rings. The highest BCUT2D eigenvalue weighted by Gasteiger charge is 2.19. The highest BCUT2D eigenvalue weighted by molar-refractivity contribution is 7.17.